The maximum atomic E-state index is 12.2. The number of aliphatic hydroxyl groups is 1. The summed E-state index contributed by atoms with van der Waals surface area (Å²) in [4.78, 5) is 17.0. The molecule has 7 heteroatoms. The molecule has 0 radical (unpaired) electrons. The van der Waals surface area contributed by atoms with Crippen LogP contribution in [0.1, 0.15) is 80.8 Å². The molecule has 7 nitrogen and oxygen atoms in total. The summed E-state index contributed by atoms with van der Waals surface area (Å²) in [6, 6.07) is 12.4. The smallest absolute Gasteiger partial charge is 0.163 e. The highest BCUT2D eigenvalue weighted by atomic mass is 16.6. The summed E-state index contributed by atoms with van der Waals surface area (Å²) in [6.45, 7) is 5.45. The number of benzene rings is 2. The number of hydrogen-bond acceptors (Lipinski definition) is 6. The number of fused-ring (bicyclic) bond motifs is 1. The molecule has 1 heterocycles. The first-order valence-electron chi connectivity index (χ1n) is 13.4. The van der Waals surface area contributed by atoms with E-state index in [0.717, 1.165) is 18.4 Å². The van der Waals surface area contributed by atoms with Gasteiger partial charge in [-0.3, -0.25) is 9.79 Å². The van der Waals surface area contributed by atoms with Crippen molar-refractivity contribution in [3.05, 3.63) is 59.5 Å². The predicted octanol–water partition coefficient (Wildman–Crippen LogP) is 5.45. The van der Waals surface area contributed by atoms with Gasteiger partial charge in [-0.05, 0) is 60.7 Å². The normalized spacial score (nSPS) is 17.1. The van der Waals surface area contributed by atoms with Crippen molar-refractivity contribution in [3.8, 4) is 17.2 Å². The van der Waals surface area contributed by atoms with E-state index in [4.69, 9.17) is 24.9 Å². The number of hydrogen-bond donors (Lipinski definition) is 2. The summed E-state index contributed by atoms with van der Waals surface area (Å²) in [5, 5.41) is 11.3. The third-order valence-electron chi connectivity index (χ3n) is 6.81. The van der Waals surface area contributed by atoms with Gasteiger partial charge < -0.3 is 25.1 Å². The van der Waals surface area contributed by atoms with Crippen molar-refractivity contribution in [2.24, 2.45) is 16.6 Å². The molecule has 3 N–H and O–H groups in total. The minimum atomic E-state index is -0.806. The lowest BCUT2D eigenvalue weighted by molar-refractivity contribution is 0.0968. The third-order valence-corrected chi connectivity index (χ3v) is 6.81. The Morgan fingerprint density at radius 2 is 1.78 bits per heavy atom. The lowest BCUT2D eigenvalue weighted by Gasteiger charge is -2.23. The predicted molar refractivity (Wildman–Crippen MR) is 144 cm³/mol. The van der Waals surface area contributed by atoms with Gasteiger partial charge in [-0.2, -0.15) is 0 Å². The summed E-state index contributed by atoms with van der Waals surface area (Å²) in [5.74, 6) is 4.38. The molecular formula is C30H39N2O5+. The quantitative estimate of drug-likeness (QED) is 0.171. The van der Waals surface area contributed by atoms with Gasteiger partial charge in [0, 0.05) is 18.4 Å². The highest BCUT2D eigenvalue weighted by Gasteiger charge is 2.34. The van der Waals surface area contributed by atoms with Gasteiger partial charge in [-0.1, -0.05) is 19.9 Å². The standard InChI is InChI=1S/C30H39N2O5/c1-20(2)17-26(33)22-7-10-24(11-8-22)35-14-13-29(31)32-25(18-21-5-3-4-6-21)30(34)23-9-12-27-28(19-23)37-16-15-36-27/h7-12,19-20,25,30,34H,3-6,13-18H2,1-2H3,(H2,31,32)/q+1. The Balaban J connectivity index is 1.37. The van der Waals surface area contributed by atoms with Crippen LogP contribution in [0.4, 0.5) is 0 Å². The third kappa shape index (κ3) is 7.65. The zero-order valence-corrected chi connectivity index (χ0v) is 21.9. The first kappa shape index (κ1) is 26.9. The number of ketones is 1. The fraction of sp³-hybridized carbons (Fsp3) is 0.500. The van der Waals surface area contributed by atoms with Crippen LogP contribution in [0.25, 0.3) is 0 Å². The van der Waals surface area contributed by atoms with E-state index >= 15 is 0 Å². The number of carbonyl (C=O) groups excluding carboxylic acids is 1. The lowest BCUT2D eigenvalue weighted by atomic mass is 9.92. The topological polar surface area (TPSA) is 103 Å². The van der Waals surface area contributed by atoms with E-state index in [2.05, 4.69) is 0 Å². The highest BCUT2D eigenvalue weighted by Crippen LogP contribution is 2.37. The number of ether oxygens (including phenoxy) is 3. The number of carbonyl (C=O) groups is 1. The van der Waals surface area contributed by atoms with E-state index in [1.165, 1.54) is 18.8 Å². The molecule has 0 aromatic heterocycles. The largest absolute Gasteiger partial charge is 0.493 e. The second-order valence-electron chi connectivity index (χ2n) is 10.3. The van der Waals surface area contributed by atoms with Crippen LogP contribution in [-0.4, -0.2) is 42.6 Å². The minimum Gasteiger partial charge on any atom is -0.493 e. The number of nitrogens with two attached hydrogens (primary N) is 1. The molecule has 0 spiro atoms. The zero-order valence-electron chi connectivity index (χ0n) is 21.9. The molecule has 1 saturated carbocycles. The van der Waals surface area contributed by atoms with Crippen molar-refractivity contribution in [3.63, 3.8) is 0 Å². The molecule has 0 bridgehead atoms. The molecule has 2 aromatic carbocycles. The molecule has 4 rings (SSSR count). The number of aliphatic hydroxyl groups excluding tert-OH is 1. The van der Waals surface area contributed by atoms with E-state index in [0.29, 0.717) is 73.6 Å². The van der Waals surface area contributed by atoms with Crippen LogP contribution in [0.5, 0.6) is 17.2 Å². The number of aliphatic imine (C=N–C) groups is 1. The fourth-order valence-corrected chi connectivity index (χ4v) is 4.85. The van der Waals surface area contributed by atoms with E-state index in [1.54, 1.807) is 12.1 Å². The van der Waals surface area contributed by atoms with Crippen molar-refractivity contribution in [2.75, 3.05) is 19.8 Å². The second kappa shape index (κ2) is 12.9. The average molecular weight is 508 g/mol. The van der Waals surface area contributed by atoms with Crippen LogP contribution in [0.15, 0.2) is 47.5 Å². The van der Waals surface area contributed by atoms with Gasteiger partial charge in [0.05, 0.1) is 31.2 Å². The van der Waals surface area contributed by atoms with Crippen molar-refractivity contribution >= 4 is 11.6 Å². The SMILES string of the molecule is CC(C)CC(=O)c1ccc(OCCC(N)=NC(C[C+]2CCCC2)C(O)c2ccc3c(c2)OCCO3)cc1. The summed E-state index contributed by atoms with van der Waals surface area (Å²) in [6.07, 6.45) is 5.42. The van der Waals surface area contributed by atoms with E-state index < -0.39 is 6.10 Å². The van der Waals surface area contributed by atoms with Gasteiger partial charge >= 0.3 is 0 Å². The molecule has 2 aromatic rings. The van der Waals surface area contributed by atoms with Gasteiger partial charge in [-0.25, -0.2) is 0 Å². The zero-order chi connectivity index (χ0) is 26.2. The summed E-state index contributed by atoms with van der Waals surface area (Å²) >= 11 is 0. The maximum absolute atomic E-state index is 12.2. The van der Waals surface area contributed by atoms with Crippen LogP contribution in [-0.2, 0) is 0 Å². The van der Waals surface area contributed by atoms with Gasteiger partial charge in [0.2, 0.25) is 0 Å². The monoisotopic (exact) mass is 507 g/mol. The number of nitrogens with zero attached hydrogens (tertiary/aromatic N) is 1. The molecule has 0 amide bonds. The Hall–Kier alpha value is -3.19. The van der Waals surface area contributed by atoms with Crippen LogP contribution in [0, 0.1) is 11.8 Å². The van der Waals surface area contributed by atoms with Crippen molar-refractivity contribution < 1.29 is 24.1 Å². The molecule has 37 heavy (non-hydrogen) atoms. The number of amidine groups is 1. The van der Waals surface area contributed by atoms with Crippen LogP contribution in [0.3, 0.4) is 0 Å². The van der Waals surface area contributed by atoms with Crippen molar-refractivity contribution in [1.29, 1.82) is 0 Å². The second-order valence-corrected chi connectivity index (χ2v) is 10.3. The number of rotatable bonds is 12. The molecule has 1 fully saturated rings. The van der Waals surface area contributed by atoms with Crippen LogP contribution < -0.4 is 19.9 Å². The molecule has 2 unspecified atom stereocenters. The summed E-state index contributed by atoms with van der Waals surface area (Å²) < 4.78 is 17.2. The van der Waals surface area contributed by atoms with Gasteiger partial charge in [0.15, 0.2) is 17.3 Å². The molecule has 1 aliphatic carbocycles. The first-order chi connectivity index (χ1) is 17.9. The Labute approximate surface area is 220 Å². The lowest BCUT2D eigenvalue weighted by Crippen LogP contribution is -2.25. The maximum Gasteiger partial charge on any atom is 0.163 e. The van der Waals surface area contributed by atoms with Crippen LogP contribution >= 0.6 is 0 Å². The van der Waals surface area contributed by atoms with E-state index in [-0.39, 0.29) is 11.8 Å². The highest BCUT2D eigenvalue weighted by molar-refractivity contribution is 5.96. The fourth-order valence-electron chi connectivity index (χ4n) is 4.85. The van der Waals surface area contributed by atoms with Gasteiger partial charge in [-0.15, -0.1) is 0 Å². The van der Waals surface area contributed by atoms with E-state index in [1.807, 2.05) is 44.2 Å². The minimum absolute atomic E-state index is 0.140. The number of Topliss-reactive ketones (excluding diaryl/α,β-unsaturated/α-hetero) is 1. The molecule has 1 aliphatic heterocycles. The first-order valence-corrected chi connectivity index (χ1v) is 13.4. The Bertz CT molecular complexity index is 1060. The molecule has 198 valence electrons. The van der Waals surface area contributed by atoms with Gasteiger partial charge in [0.25, 0.3) is 0 Å². The van der Waals surface area contributed by atoms with E-state index in [9.17, 15) is 9.90 Å². The molecule has 2 atom stereocenters. The molecular weight excluding hydrogens is 468 g/mol. The Kier molecular flexibility index (Phi) is 9.34. The van der Waals surface area contributed by atoms with Crippen LogP contribution in [0.2, 0.25) is 0 Å². The summed E-state index contributed by atoms with van der Waals surface area (Å²) in [7, 11) is 0. The van der Waals surface area contributed by atoms with Crippen molar-refractivity contribution in [2.45, 2.75) is 70.9 Å². The van der Waals surface area contributed by atoms with Crippen molar-refractivity contribution in [1.82, 2.24) is 0 Å². The Morgan fingerprint density at radius 3 is 2.49 bits per heavy atom. The average Bonchev–Trinajstić information content (AvgIpc) is 3.41. The van der Waals surface area contributed by atoms with Gasteiger partial charge in [0.1, 0.15) is 37.5 Å². The molecule has 2 aliphatic rings. The molecule has 0 saturated heterocycles. The Morgan fingerprint density at radius 1 is 1.08 bits per heavy atom. The summed E-state index contributed by atoms with van der Waals surface area (Å²) in [5.41, 5.74) is 7.75.